The molecule has 2 unspecified atom stereocenters. The van der Waals surface area contributed by atoms with Gasteiger partial charge in [0.1, 0.15) is 11.2 Å². The van der Waals surface area contributed by atoms with Gasteiger partial charge in [-0.2, -0.15) is 0 Å². The summed E-state index contributed by atoms with van der Waals surface area (Å²) < 4.78 is 10.8. The smallest absolute Gasteiger partial charge is 0.410 e. The highest BCUT2D eigenvalue weighted by atomic mass is 16.6. The van der Waals surface area contributed by atoms with Gasteiger partial charge in [-0.3, -0.25) is 0 Å². The predicted octanol–water partition coefficient (Wildman–Crippen LogP) is 0.866. The lowest BCUT2D eigenvalue weighted by atomic mass is 9.76. The maximum atomic E-state index is 12.1. The minimum atomic E-state index is -1.09. The highest BCUT2D eigenvalue weighted by Gasteiger charge is 2.53. The van der Waals surface area contributed by atoms with E-state index in [1.54, 1.807) is 0 Å². The summed E-state index contributed by atoms with van der Waals surface area (Å²) in [7, 11) is 0. The largest absolute Gasteiger partial charge is 0.444 e. The molecular weight excluding hydrogens is 260 g/mol. The van der Waals surface area contributed by atoms with Crippen LogP contribution >= 0.6 is 0 Å². The molecule has 3 N–H and O–H groups in total. The van der Waals surface area contributed by atoms with Crippen LogP contribution < -0.4 is 5.73 Å². The Morgan fingerprint density at radius 2 is 2.10 bits per heavy atom. The van der Waals surface area contributed by atoms with E-state index in [9.17, 15) is 9.90 Å². The van der Waals surface area contributed by atoms with Gasteiger partial charge in [-0.25, -0.2) is 4.79 Å². The van der Waals surface area contributed by atoms with Gasteiger partial charge in [0.25, 0.3) is 0 Å². The number of rotatable bonds is 1. The van der Waals surface area contributed by atoms with Gasteiger partial charge >= 0.3 is 6.09 Å². The SMILES string of the molecule is CC(C)(C)OC(=O)N1CCC(O)(C2(N)CCCOC2)C1. The Bertz CT molecular complexity index is 374. The van der Waals surface area contributed by atoms with Crippen molar-refractivity contribution in [2.45, 2.75) is 56.8 Å². The van der Waals surface area contributed by atoms with E-state index in [-0.39, 0.29) is 6.54 Å². The average molecular weight is 286 g/mol. The molecule has 2 fully saturated rings. The van der Waals surface area contributed by atoms with Gasteiger partial charge in [-0.15, -0.1) is 0 Å². The normalized spacial score (nSPS) is 35.1. The second-order valence-electron chi connectivity index (χ2n) is 7.00. The van der Waals surface area contributed by atoms with Crippen LogP contribution in [0, 0.1) is 0 Å². The Labute approximate surface area is 120 Å². The van der Waals surface area contributed by atoms with Crippen molar-refractivity contribution in [3.8, 4) is 0 Å². The van der Waals surface area contributed by atoms with Gasteiger partial charge in [0.2, 0.25) is 0 Å². The Hall–Kier alpha value is -0.850. The summed E-state index contributed by atoms with van der Waals surface area (Å²) in [5, 5.41) is 10.8. The molecule has 0 aromatic rings. The molecule has 2 rings (SSSR count). The molecule has 0 saturated carbocycles. The van der Waals surface area contributed by atoms with E-state index in [0.29, 0.717) is 32.6 Å². The molecular formula is C14H26N2O4. The Kier molecular flexibility index (Phi) is 4.01. The monoisotopic (exact) mass is 286 g/mol. The second kappa shape index (κ2) is 5.16. The van der Waals surface area contributed by atoms with Crippen molar-refractivity contribution in [3.05, 3.63) is 0 Å². The van der Waals surface area contributed by atoms with Crippen LogP contribution in [0.15, 0.2) is 0 Å². The van der Waals surface area contributed by atoms with E-state index in [1.807, 2.05) is 20.8 Å². The van der Waals surface area contributed by atoms with Crippen molar-refractivity contribution < 1.29 is 19.4 Å². The van der Waals surface area contributed by atoms with E-state index in [1.165, 1.54) is 4.90 Å². The van der Waals surface area contributed by atoms with Gasteiger partial charge in [0, 0.05) is 13.2 Å². The number of ether oxygens (including phenoxy) is 2. The first-order valence-electron chi connectivity index (χ1n) is 7.22. The molecule has 6 nitrogen and oxygen atoms in total. The molecule has 116 valence electrons. The van der Waals surface area contributed by atoms with Crippen molar-refractivity contribution in [2.24, 2.45) is 5.73 Å². The van der Waals surface area contributed by atoms with E-state index in [2.05, 4.69) is 0 Å². The molecule has 0 radical (unpaired) electrons. The van der Waals surface area contributed by atoms with E-state index in [4.69, 9.17) is 15.2 Å². The fourth-order valence-electron chi connectivity index (χ4n) is 2.87. The highest BCUT2D eigenvalue weighted by molar-refractivity contribution is 5.68. The summed E-state index contributed by atoms with van der Waals surface area (Å²) in [4.78, 5) is 13.6. The maximum Gasteiger partial charge on any atom is 0.410 e. The average Bonchev–Trinajstić information content (AvgIpc) is 2.73. The number of hydrogen-bond donors (Lipinski definition) is 2. The van der Waals surface area contributed by atoms with Gasteiger partial charge in [0.05, 0.1) is 18.7 Å². The first-order chi connectivity index (χ1) is 9.15. The summed E-state index contributed by atoms with van der Waals surface area (Å²) in [6.45, 7) is 7.17. The third-order valence-electron chi connectivity index (χ3n) is 4.10. The van der Waals surface area contributed by atoms with Crippen molar-refractivity contribution in [2.75, 3.05) is 26.3 Å². The summed E-state index contributed by atoms with van der Waals surface area (Å²) in [5.74, 6) is 0. The molecule has 2 heterocycles. The standard InChI is InChI=1S/C14H26N2O4/c1-12(2,3)20-11(17)16-7-6-14(18,9-16)13(15)5-4-8-19-10-13/h18H,4-10,15H2,1-3H3. The number of nitrogens with zero attached hydrogens (tertiary/aromatic N) is 1. The fraction of sp³-hybridized carbons (Fsp3) is 0.929. The zero-order chi connectivity index (χ0) is 15.0. The van der Waals surface area contributed by atoms with Crippen LogP contribution in [0.4, 0.5) is 4.79 Å². The number of carbonyl (C=O) groups is 1. The number of nitrogens with two attached hydrogens (primary N) is 1. The Balaban J connectivity index is 2.02. The molecule has 20 heavy (non-hydrogen) atoms. The Morgan fingerprint density at radius 1 is 1.40 bits per heavy atom. The number of aliphatic hydroxyl groups is 1. The van der Waals surface area contributed by atoms with Crippen molar-refractivity contribution in [1.29, 1.82) is 0 Å². The van der Waals surface area contributed by atoms with Gasteiger partial charge in [-0.1, -0.05) is 0 Å². The second-order valence-corrected chi connectivity index (χ2v) is 7.00. The minimum Gasteiger partial charge on any atom is -0.444 e. The molecule has 0 aromatic heterocycles. The zero-order valence-electron chi connectivity index (χ0n) is 12.6. The lowest BCUT2D eigenvalue weighted by Gasteiger charge is -2.44. The third kappa shape index (κ3) is 3.07. The molecule has 2 aliphatic rings. The number of hydrogen-bond acceptors (Lipinski definition) is 5. The number of amides is 1. The summed E-state index contributed by atoms with van der Waals surface area (Å²) in [6, 6.07) is 0. The molecule has 2 atom stereocenters. The van der Waals surface area contributed by atoms with Crippen LogP contribution in [-0.4, -0.2) is 59.1 Å². The van der Waals surface area contributed by atoms with Crippen LogP contribution in [0.5, 0.6) is 0 Å². The number of carbonyl (C=O) groups excluding carboxylic acids is 1. The summed E-state index contributed by atoms with van der Waals surface area (Å²) >= 11 is 0. The lowest BCUT2D eigenvalue weighted by Crippen LogP contribution is -2.66. The molecule has 0 aromatic carbocycles. The topological polar surface area (TPSA) is 85.0 Å². The van der Waals surface area contributed by atoms with Crippen LogP contribution in [0.25, 0.3) is 0 Å². The quantitative estimate of drug-likeness (QED) is 0.747. The van der Waals surface area contributed by atoms with E-state index in [0.717, 1.165) is 6.42 Å². The van der Waals surface area contributed by atoms with Gasteiger partial charge in [0.15, 0.2) is 0 Å². The van der Waals surface area contributed by atoms with E-state index < -0.39 is 22.8 Å². The van der Waals surface area contributed by atoms with Crippen molar-refractivity contribution in [1.82, 2.24) is 4.90 Å². The van der Waals surface area contributed by atoms with Gasteiger partial charge < -0.3 is 25.2 Å². The molecule has 0 spiro atoms. The van der Waals surface area contributed by atoms with Gasteiger partial charge in [-0.05, 0) is 40.0 Å². The first-order valence-corrected chi connectivity index (χ1v) is 7.22. The molecule has 2 saturated heterocycles. The van der Waals surface area contributed by atoms with Crippen molar-refractivity contribution >= 4 is 6.09 Å². The molecule has 6 heteroatoms. The fourth-order valence-corrected chi connectivity index (χ4v) is 2.87. The van der Waals surface area contributed by atoms with Crippen LogP contribution in [-0.2, 0) is 9.47 Å². The number of β-amino-alcohol motifs (C(OH)–C–C–N with tert-alkyl or cyclic N) is 1. The predicted molar refractivity (Wildman–Crippen MR) is 74.3 cm³/mol. The molecule has 2 aliphatic heterocycles. The van der Waals surface area contributed by atoms with Crippen LogP contribution in [0.2, 0.25) is 0 Å². The summed E-state index contributed by atoms with van der Waals surface area (Å²) in [6.07, 6.45) is 1.62. The third-order valence-corrected chi connectivity index (χ3v) is 4.10. The molecule has 0 bridgehead atoms. The minimum absolute atomic E-state index is 0.210. The van der Waals surface area contributed by atoms with E-state index >= 15 is 0 Å². The molecule has 0 aliphatic carbocycles. The first kappa shape index (κ1) is 15.5. The maximum absolute atomic E-state index is 12.1. The highest BCUT2D eigenvalue weighted by Crippen LogP contribution is 2.36. The summed E-state index contributed by atoms with van der Waals surface area (Å²) in [5.41, 5.74) is 3.93. The number of likely N-dealkylation sites (tertiary alicyclic amines) is 1. The van der Waals surface area contributed by atoms with Crippen LogP contribution in [0.1, 0.15) is 40.0 Å². The molecule has 1 amide bonds. The lowest BCUT2D eigenvalue weighted by molar-refractivity contribution is -0.0899. The van der Waals surface area contributed by atoms with Crippen LogP contribution in [0.3, 0.4) is 0 Å². The van der Waals surface area contributed by atoms with Crippen molar-refractivity contribution in [3.63, 3.8) is 0 Å². The zero-order valence-corrected chi connectivity index (χ0v) is 12.6. The Morgan fingerprint density at radius 3 is 2.65 bits per heavy atom.